The second kappa shape index (κ2) is 12.1. The van der Waals surface area contributed by atoms with Crippen molar-refractivity contribution in [1.82, 2.24) is 0 Å². The molecule has 0 aliphatic rings. The molecule has 8 heteroatoms. The summed E-state index contributed by atoms with van der Waals surface area (Å²) < 4.78 is 62.6. The van der Waals surface area contributed by atoms with Gasteiger partial charge in [0.1, 0.15) is 11.6 Å². The molecule has 0 aromatic heterocycles. The molecule has 0 atom stereocenters. The van der Waals surface area contributed by atoms with Crippen LogP contribution in [0.3, 0.4) is 0 Å². The smallest absolute Gasteiger partial charge is 0.207 e. The van der Waals surface area contributed by atoms with E-state index in [-0.39, 0.29) is 11.6 Å². The Bertz CT molecular complexity index is 812. The Morgan fingerprint density at radius 2 is 1.19 bits per heavy atom. The maximum Gasteiger partial charge on any atom is 0.416 e. The molecule has 0 amide bonds. The highest BCUT2D eigenvalue weighted by atomic mass is 127. The Labute approximate surface area is 195 Å². The standard InChI is InChI=1S/C7H4F3I.2C6H4FI/c8-7(9,10)5-2-1-3-6(11)4-5;7-5-2-1-3-6(8)4-5;7-5-3-1-2-4-6(5)8/h1-4H;2*1-4H. The SMILES string of the molecule is FC(F)(F)c1cccc(I)c1.Fc1cccc(I)c1.Fc1ccccc1I. The molecular formula is C19H12F5I3. The van der Waals surface area contributed by atoms with Gasteiger partial charge in [0.25, 0.3) is 0 Å². The second-order valence-electron chi connectivity index (χ2n) is 4.86. The van der Waals surface area contributed by atoms with E-state index in [1.807, 2.05) is 57.3 Å². The molecule has 0 heterocycles. The summed E-state index contributed by atoms with van der Waals surface area (Å²) in [5.41, 5.74) is -0.593. The van der Waals surface area contributed by atoms with Crippen molar-refractivity contribution in [2.24, 2.45) is 0 Å². The van der Waals surface area contributed by atoms with Gasteiger partial charge >= 0.3 is 6.18 Å². The normalized spacial score (nSPS) is 10.2. The van der Waals surface area contributed by atoms with Crippen LogP contribution in [0.1, 0.15) is 5.56 Å². The average molecular weight is 716 g/mol. The lowest BCUT2D eigenvalue weighted by Crippen LogP contribution is -2.04. The molecule has 27 heavy (non-hydrogen) atoms. The van der Waals surface area contributed by atoms with E-state index in [0.29, 0.717) is 7.14 Å². The zero-order chi connectivity index (χ0) is 20.4. The molecular weight excluding hydrogens is 704 g/mol. The van der Waals surface area contributed by atoms with Crippen LogP contribution in [-0.2, 0) is 6.18 Å². The van der Waals surface area contributed by atoms with Gasteiger partial charge in [-0.25, -0.2) is 8.78 Å². The van der Waals surface area contributed by atoms with Gasteiger partial charge in [-0.1, -0.05) is 24.3 Å². The minimum absolute atomic E-state index is 0.145. The molecule has 0 aliphatic carbocycles. The maximum absolute atomic E-state index is 12.3. The molecule has 3 rings (SSSR count). The van der Waals surface area contributed by atoms with Crippen LogP contribution in [0.2, 0.25) is 0 Å². The van der Waals surface area contributed by atoms with Crippen LogP contribution in [0, 0.1) is 22.3 Å². The van der Waals surface area contributed by atoms with Crippen molar-refractivity contribution in [2.45, 2.75) is 6.18 Å². The summed E-state index contributed by atoms with van der Waals surface area (Å²) in [6.07, 6.45) is -4.22. The Morgan fingerprint density at radius 3 is 1.52 bits per heavy atom. The molecule has 0 radical (unpaired) electrons. The Hall–Kier alpha value is -0.500. The Kier molecular flexibility index (Phi) is 11.0. The number of benzene rings is 3. The summed E-state index contributed by atoms with van der Waals surface area (Å²) in [5, 5.41) is 0. The molecule has 0 saturated heterocycles. The highest BCUT2D eigenvalue weighted by Crippen LogP contribution is 2.29. The number of hydrogen-bond acceptors (Lipinski definition) is 0. The molecule has 3 aromatic carbocycles. The van der Waals surface area contributed by atoms with Crippen LogP contribution < -0.4 is 0 Å². The Morgan fingerprint density at radius 1 is 0.630 bits per heavy atom. The van der Waals surface area contributed by atoms with E-state index in [0.717, 1.165) is 15.7 Å². The average Bonchev–Trinajstić information content (AvgIpc) is 2.58. The van der Waals surface area contributed by atoms with E-state index >= 15 is 0 Å². The van der Waals surface area contributed by atoms with E-state index in [9.17, 15) is 22.0 Å². The quantitative estimate of drug-likeness (QED) is 0.163. The van der Waals surface area contributed by atoms with Gasteiger partial charge in [-0.15, -0.1) is 0 Å². The fraction of sp³-hybridized carbons (Fsp3) is 0.0526. The number of halogens is 8. The lowest BCUT2D eigenvalue weighted by Gasteiger charge is -2.05. The maximum atomic E-state index is 12.3. The monoisotopic (exact) mass is 716 g/mol. The van der Waals surface area contributed by atoms with E-state index in [2.05, 4.69) is 22.6 Å². The lowest BCUT2D eigenvalue weighted by molar-refractivity contribution is -0.137. The van der Waals surface area contributed by atoms with Crippen LogP contribution in [-0.4, -0.2) is 0 Å². The molecule has 0 aliphatic heterocycles. The summed E-state index contributed by atoms with van der Waals surface area (Å²) in [4.78, 5) is 0. The molecule has 0 nitrogen and oxygen atoms in total. The molecule has 0 bridgehead atoms. The molecule has 144 valence electrons. The van der Waals surface area contributed by atoms with Crippen LogP contribution >= 0.6 is 67.8 Å². The van der Waals surface area contributed by atoms with Crippen LogP contribution in [0.15, 0.2) is 72.8 Å². The van der Waals surface area contributed by atoms with E-state index in [1.54, 1.807) is 24.3 Å². The van der Waals surface area contributed by atoms with Gasteiger partial charge in [-0.05, 0) is 116 Å². The summed E-state index contributed by atoms with van der Waals surface area (Å²) in [6, 6.07) is 18.3. The van der Waals surface area contributed by atoms with Gasteiger partial charge in [-0.2, -0.15) is 13.2 Å². The zero-order valence-corrected chi connectivity index (χ0v) is 19.9. The van der Waals surface area contributed by atoms with Crippen molar-refractivity contribution in [3.63, 3.8) is 0 Å². The Balaban J connectivity index is 0.000000206. The molecule has 0 unspecified atom stereocenters. The van der Waals surface area contributed by atoms with Gasteiger partial charge in [-0.3, -0.25) is 0 Å². The first-order valence-electron chi connectivity index (χ1n) is 7.23. The molecule has 3 aromatic rings. The highest BCUT2D eigenvalue weighted by Gasteiger charge is 2.30. The van der Waals surface area contributed by atoms with Crippen molar-refractivity contribution in [1.29, 1.82) is 0 Å². The molecule has 0 saturated carbocycles. The third-order valence-corrected chi connectivity index (χ3v) is 4.98. The zero-order valence-electron chi connectivity index (χ0n) is 13.5. The number of alkyl halides is 3. The topological polar surface area (TPSA) is 0 Å². The van der Waals surface area contributed by atoms with E-state index in [1.165, 1.54) is 24.3 Å². The second-order valence-corrected chi connectivity index (χ2v) is 8.52. The van der Waals surface area contributed by atoms with Crippen molar-refractivity contribution in [3.05, 3.63) is 101 Å². The van der Waals surface area contributed by atoms with Gasteiger partial charge in [0.2, 0.25) is 0 Å². The van der Waals surface area contributed by atoms with Gasteiger partial charge in [0.05, 0.1) is 5.56 Å². The predicted octanol–water partition coefficient (Wildman–Crippen LogP) is 8.17. The molecule has 0 N–H and O–H groups in total. The van der Waals surface area contributed by atoms with Crippen LogP contribution in [0.4, 0.5) is 22.0 Å². The van der Waals surface area contributed by atoms with Crippen molar-refractivity contribution in [3.8, 4) is 0 Å². The third-order valence-electron chi connectivity index (χ3n) is 2.76. The largest absolute Gasteiger partial charge is 0.416 e. The van der Waals surface area contributed by atoms with Crippen molar-refractivity contribution in [2.75, 3.05) is 0 Å². The fourth-order valence-electron chi connectivity index (χ4n) is 1.56. The van der Waals surface area contributed by atoms with Crippen LogP contribution in [0.5, 0.6) is 0 Å². The summed E-state index contributed by atoms with van der Waals surface area (Å²) in [7, 11) is 0. The first-order valence-corrected chi connectivity index (χ1v) is 10.5. The van der Waals surface area contributed by atoms with Crippen LogP contribution in [0.25, 0.3) is 0 Å². The van der Waals surface area contributed by atoms with E-state index < -0.39 is 11.7 Å². The predicted molar refractivity (Wildman–Crippen MR) is 122 cm³/mol. The highest BCUT2D eigenvalue weighted by molar-refractivity contribution is 14.1. The van der Waals surface area contributed by atoms with Crippen molar-refractivity contribution >= 4 is 67.8 Å². The summed E-state index contributed by atoms with van der Waals surface area (Å²) >= 11 is 5.86. The summed E-state index contributed by atoms with van der Waals surface area (Å²) in [6.45, 7) is 0. The molecule has 0 fully saturated rings. The number of hydrogen-bond donors (Lipinski definition) is 0. The minimum atomic E-state index is -4.22. The molecule has 0 spiro atoms. The van der Waals surface area contributed by atoms with E-state index in [4.69, 9.17) is 0 Å². The summed E-state index contributed by atoms with van der Waals surface area (Å²) in [5.74, 6) is -0.315. The van der Waals surface area contributed by atoms with Crippen molar-refractivity contribution < 1.29 is 22.0 Å². The number of rotatable bonds is 0. The minimum Gasteiger partial charge on any atom is -0.207 e. The first-order chi connectivity index (χ1) is 12.6. The van der Waals surface area contributed by atoms with Gasteiger partial charge in [0, 0.05) is 10.7 Å². The fourth-order valence-corrected chi connectivity index (χ4v) is 3.00. The van der Waals surface area contributed by atoms with Gasteiger partial charge in [0.15, 0.2) is 0 Å². The lowest BCUT2D eigenvalue weighted by atomic mass is 10.2. The van der Waals surface area contributed by atoms with Gasteiger partial charge < -0.3 is 0 Å². The third kappa shape index (κ3) is 10.6. The first kappa shape index (κ1) is 24.5.